The fourth-order valence-corrected chi connectivity index (χ4v) is 4.80. The average Bonchev–Trinajstić information content (AvgIpc) is 3.45. The van der Waals surface area contributed by atoms with Gasteiger partial charge >= 0.3 is 0 Å². The van der Waals surface area contributed by atoms with Crippen molar-refractivity contribution in [1.29, 1.82) is 0 Å². The van der Waals surface area contributed by atoms with E-state index in [-0.39, 0.29) is 0 Å². The Bertz CT molecular complexity index is 673. The average molecular weight is 417 g/mol. The van der Waals surface area contributed by atoms with Crippen molar-refractivity contribution in [3.05, 3.63) is 24.3 Å². The van der Waals surface area contributed by atoms with Crippen LogP contribution < -0.4 is 20.3 Å². The number of rotatable bonds is 10. The van der Waals surface area contributed by atoms with Gasteiger partial charge in [-0.3, -0.25) is 4.99 Å². The third kappa shape index (κ3) is 6.27. The molecule has 6 heteroatoms. The van der Waals surface area contributed by atoms with E-state index in [1.54, 1.807) is 14.2 Å². The van der Waals surface area contributed by atoms with Crippen LogP contribution in [0.1, 0.15) is 45.4 Å². The van der Waals surface area contributed by atoms with Crippen LogP contribution in [0.5, 0.6) is 5.75 Å². The highest BCUT2D eigenvalue weighted by atomic mass is 16.5. The summed E-state index contributed by atoms with van der Waals surface area (Å²) in [6, 6.07) is 8.37. The predicted molar refractivity (Wildman–Crippen MR) is 125 cm³/mol. The van der Waals surface area contributed by atoms with Crippen molar-refractivity contribution in [2.45, 2.75) is 45.4 Å². The van der Waals surface area contributed by atoms with Crippen molar-refractivity contribution < 1.29 is 9.47 Å². The number of nitrogens with zero attached hydrogens (tertiary/aromatic N) is 2. The van der Waals surface area contributed by atoms with Crippen molar-refractivity contribution in [1.82, 2.24) is 10.6 Å². The molecule has 2 aliphatic rings. The van der Waals surface area contributed by atoms with E-state index < -0.39 is 0 Å². The van der Waals surface area contributed by atoms with Crippen LogP contribution in [0, 0.1) is 11.3 Å². The Morgan fingerprint density at radius 3 is 2.80 bits per heavy atom. The molecule has 1 aliphatic carbocycles. The van der Waals surface area contributed by atoms with E-state index in [4.69, 9.17) is 14.5 Å². The van der Waals surface area contributed by atoms with Gasteiger partial charge in [0.1, 0.15) is 5.75 Å². The third-order valence-corrected chi connectivity index (χ3v) is 6.68. The van der Waals surface area contributed by atoms with Crippen LogP contribution in [0.15, 0.2) is 29.3 Å². The fraction of sp³-hybridized carbons (Fsp3) is 0.708. The number of hydrogen-bond donors (Lipinski definition) is 2. The topological polar surface area (TPSA) is 58.1 Å². The van der Waals surface area contributed by atoms with Crippen LogP contribution in [-0.4, -0.2) is 59.5 Å². The van der Waals surface area contributed by atoms with Gasteiger partial charge in [0.05, 0.1) is 7.11 Å². The minimum atomic E-state index is 0.328. The molecule has 1 heterocycles. The molecule has 3 rings (SSSR count). The summed E-state index contributed by atoms with van der Waals surface area (Å²) in [4.78, 5) is 7.45. The minimum absolute atomic E-state index is 0.328. The van der Waals surface area contributed by atoms with Gasteiger partial charge in [0, 0.05) is 58.2 Å². The first-order chi connectivity index (χ1) is 14.7. The fourth-order valence-electron chi connectivity index (χ4n) is 4.80. The summed E-state index contributed by atoms with van der Waals surface area (Å²) >= 11 is 0. The first-order valence-electron chi connectivity index (χ1n) is 11.6. The second kappa shape index (κ2) is 11.4. The van der Waals surface area contributed by atoms with Crippen molar-refractivity contribution in [3.63, 3.8) is 0 Å². The summed E-state index contributed by atoms with van der Waals surface area (Å²) < 4.78 is 10.7. The van der Waals surface area contributed by atoms with E-state index in [1.807, 2.05) is 6.07 Å². The first-order valence-corrected chi connectivity index (χ1v) is 11.6. The molecule has 1 saturated heterocycles. The van der Waals surface area contributed by atoms with E-state index in [0.717, 1.165) is 57.5 Å². The van der Waals surface area contributed by atoms with Crippen LogP contribution >= 0.6 is 0 Å². The third-order valence-electron chi connectivity index (χ3n) is 6.68. The van der Waals surface area contributed by atoms with E-state index in [0.29, 0.717) is 11.3 Å². The molecule has 0 bridgehead atoms. The molecule has 2 fully saturated rings. The monoisotopic (exact) mass is 416 g/mol. The molecule has 0 radical (unpaired) electrons. The van der Waals surface area contributed by atoms with Gasteiger partial charge in [-0.05, 0) is 56.1 Å². The first kappa shape index (κ1) is 22.7. The molecule has 0 amide bonds. The van der Waals surface area contributed by atoms with Gasteiger partial charge in [0.15, 0.2) is 5.96 Å². The van der Waals surface area contributed by atoms with Crippen LogP contribution in [0.4, 0.5) is 5.69 Å². The zero-order valence-corrected chi connectivity index (χ0v) is 19.1. The molecule has 1 saturated carbocycles. The summed E-state index contributed by atoms with van der Waals surface area (Å²) in [5.41, 5.74) is 1.58. The number of guanidine groups is 1. The zero-order valence-electron chi connectivity index (χ0n) is 19.1. The number of hydrogen-bond acceptors (Lipinski definition) is 4. The molecule has 168 valence electrons. The lowest BCUT2D eigenvalue weighted by molar-refractivity contribution is 0.141. The number of aliphatic imine (C=N–C) groups is 1. The molecule has 1 unspecified atom stereocenters. The normalized spacial score (nSPS) is 21.1. The second-order valence-corrected chi connectivity index (χ2v) is 8.83. The van der Waals surface area contributed by atoms with Crippen molar-refractivity contribution in [2.24, 2.45) is 16.3 Å². The Labute approximate surface area is 182 Å². The molecule has 0 spiro atoms. The molecule has 0 aromatic heterocycles. The molecular weight excluding hydrogens is 376 g/mol. The highest BCUT2D eigenvalue weighted by molar-refractivity contribution is 5.79. The molecule has 30 heavy (non-hydrogen) atoms. The van der Waals surface area contributed by atoms with Crippen LogP contribution in [0.3, 0.4) is 0 Å². The maximum Gasteiger partial charge on any atom is 0.191 e. The number of ether oxygens (including phenoxy) is 2. The molecule has 6 nitrogen and oxygen atoms in total. The Kier molecular flexibility index (Phi) is 8.67. The molecule has 1 aliphatic heterocycles. The number of benzene rings is 1. The van der Waals surface area contributed by atoms with Crippen molar-refractivity contribution >= 4 is 11.6 Å². The smallest absolute Gasteiger partial charge is 0.191 e. The van der Waals surface area contributed by atoms with Crippen molar-refractivity contribution in [2.75, 3.05) is 58.5 Å². The van der Waals surface area contributed by atoms with Gasteiger partial charge < -0.3 is 25.0 Å². The number of nitrogens with one attached hydrogen (secondary N) is 2. The van der Waals surface area contributed by atoms with Crippen LogP contribution in [-0.2, 0) is 4.74 Å². The molecule has 1 atom stereocenters. The van der Waals surface area contributed by atoms with E-state index in [2.05, 4.69) is 40.7 Å². The van der Waals surface area contributed by atoms with Gasteiger partial charge in [-0.1, -0.05) is 18.9 Å². The van der Waals surface area contributed by atoms with E-state index >= 15 is 0 Å². The highest BCUT2D eigenvalue weighted by Gasteiger charge is 2.33. The summed E-state index contributed by atoms with van der Waals surface area (Å²) in [5, 5.41) is 7.05. The summed E-state index contributed by atoms with van der Waals surface area (Å²) in [7, 11) is 3.52. The van der Waals surface area contributed by atoms with Gasteiger partial charge in [-0.25, -0.2) is 0 Å². The SMILES string of the molecule is CCNC(=NCC1(CCOC)CCCC1)NCC1CCN(c2cccc(OC)c2)C1. The lowest BCUT2D eigenvalue weighted by Crippen LogP contribution is -2.41. The molecule has 1 aromatic rings. The summed E-state index contributed by atoms with van der Waals surface area (Å²) in [5.74, 6) is 2.50. The lowest BCUT2D eigenvalue weighted by Gasteiger charge is -2.27. The van der Waals surface area contributed by atoms with Gasteiger partial charge in [-0.2, -0.15) is 0 Å². The zero-order chi connectivity index (χ0) is 21.2. The van der Waals surface area contributed by atoms with Gasteiger partial charge in [0.25, 0.3) is 0 Å². The Morgan fingerprint density at radius 1 is 1.23 bits per heavy atom. The standard InChI is InChI=1S/C24H40N4O2/c1-4-25-23(27-19-24(13-15-29-2)11-5-6-12-24)26-17-20-10-14-28(18-20)21-8-7-9-22(16-21)30-3/h7-9,16,20H,4-6,10-15,17-19H2,1-3H3,(H2,25,26,27). The van der Waals surface area contributed by atoms with Gasteiger partial charge in [0.2, 0.25) is 0 Å². The van der Waals surface area contributed by atoms with Gasteiger partial charge in [-0.15, -0.1) is 0 Å². The van der Waals surface area contributed by atoms with Crippen LogP contribution in [0.2, 0.25) is 0 Å². The minimum Gasteiger partial charge on any atom is -0.497 e. The molecule has 2 N–H and O–H groups in total. The number of anilines is 1. The Hall–Kier alpha value is -1.95. The maximum absolute atomic E-state index is 5.38. The maximum atomic E-state index is 5.38. The Balaban J connectivity index is 1.52. The Morgan fingerprint density at radius 2 is 2.07 bits per heavy atom. The largest absolute Gasteiger partial charge is 0.497 e. The quantitative estimate of drug-likeness (QED) is 0.450. The lowest BCUT2D eigenvalue weighted by atomic mass is 9.83. The predicted octanol–water partition coefficient (Wildman–Crippen LogP) is 3.67. The summed E-state index contributed by atoms with van der Waals surface area (Å²) in [6.45, 7) is 7.86. The number of methoxy groups -OCH3 is 2. The second-order valence-electron chi connectivity index (χ2n) is 8.83. The molecule has 1 aromatic carbocycles. The van der Waals surface area contributed by atoms with E-state index in [9.17, 15) is 0 Å². The van der Waals surface area contributed by atoms with Crippen molar-refractivity contribution in [3.8, 4) is 5.75 Å². The van der Waals surface area contributed by atoms with E-state index in [1.165, 1.54) is 37.8 Å². The molecular formula is C24H40N4O2. The summed E-state index contributed by atoms with van der Waals surface area (Å²) in [6.07, 6.45) is 7.51. The van der Waals surface area contributed by atoms with Crippen LogP contribution in [0.25, 0.3) is 0 Å². The highest BCUT2D eigenvalue weighted by Crippen LogP contribution is 2.41.